The molecule has 0 spiro atoms. The van der Waals surface area contributed by atoms with E-state index in [-0.39, 0.29) is 5.92 Å². The molecule has 16 heavy (non-hydrogen) atoms. The van der Waals surface area contributed by atoms with Gasteiger partial charge in [-0.3, -0.25) is 0 Å². The highest BCUT2D eigenvalue weighted by Crippen LogP contribution is 2.28. The number of carbonyl (C=O) groups is 1. The number of carbonyl (C=O) groups excluding carboxylic acids is 1. The summed E-state index contributed by atoms with van der Waals surface area (Å²) in [6, 6.07) is 0. The van der Waals surface area contributed by atoms with Crippen molar-refractivity contribution in [1.82, 2.24) is 0 Å². The molecule has 3 nitrogen and oxygen atoms in total. The van der Waals surface area contributed by atoms with Crippen LogP contribution in [-0.4, -0.2) is 23.3 Å². The van der Waals surface area contributed by atoms with Crippen molar-refractivity contribution in [2.45, 2.75) is 59.5 Å². The van der Waals surface area contributed by atoms with E-state index in [1.54, 1.807) is 6.92 Å². The summed E-state index contributed by atoms with van der Waals surface area (Å²) in [5.41, 5.74) is -1.31. The highest BCUT2D eigenvalue weighted by atomic mass is 16.5. The minimum absolute atomic E-state index is 0.0565. The largest absolute Gasteiger partial charge is 0.464 e. The standard InChI is InChI=1S/C13H26O3/c1-6-13(15,12(14)16-7-2)11(5)9-8-10(3)4/h10-11,15H,6-9H2,1-5H3. The third-order valence-electron chi connectivity index (χ3n) is 3.16. The van der Waals surface area contributed by atoms with Crippen molar-refractivity contribution < 1.29 is 14.6 Å². The highest BCUT2D eigenvalue weighted by molar-refractivity contribution is 5.79. The Morgan fingerprint density at radius 2 is 1.81 bits per heavy atom. The monoisotopic (exact) mass is 230 g/mol. The summed E-state index contributed by atoms with van der Waals surface area (Å²) in [4.78, 5) is 11.7. The molecule has 1 N–H and O–H groups in total. The zero-order valence-corrected chi connectivity index (χ0v) is 11.2. The normalized spacial score (nSPS) is 16.9. The molecule has 0 saturated heterocycles. The van der Waals surface area contributed by atoms with Crippen LogP contribution in [0.4, 0.5) is 0 Å². The Morgan fingerprint density at radius 1 is 1.25 bits per heavy atom. The molecular formula is C13H26O3. The van der Waals surface area contributed by atoms with Crippen LogP contribution >= 0.6 is 0 Å². The summed E-state index contributed by atoms with van der Waals surface area (Å²) in [6.45, 7) is 10.1. The van der Waals surface area contributed by atoms with E-state index in [1.165, 1.54) is 0 Å². The Morgan fingerprint density at radius 3 is 2.19 bits per heavy atom. The second kappa shape index (κ2) is 6.89. The van der Waals surface area contributed by atoms with E-state index in [0.717, 1.165) is 12.8 Å². The maximum Gasteiger partial charge on any atom is 0.338 e. The number of hydrogen-bond acceptors (Lipinski definition) is 3. The fourth-order valence-corrected chi connectivity index (χ4v) is 1.77. The maximum absolute atomic E-state index is 11.7. The smallest absolute Gasteiger partial charge is 0.338 e. The molecule has 0 saturated carbocycles. The van der Waals surface area contributed by atoms with Crippen LogP contribution in [0.2, 0.25) is 0 Å². The number of rotatable bonds is 7. The lowest BCUT2D eigenvalue weighted by Crippen LogP contribution is -2.45. The number of hydrogen-bond donors (Lipinski definition) is 1. The number of esters is 1. The second-order valence-electron chi connectivity index (χ2n) is 4.87. The lowest BCUT2D eigenvalue weighted by atomic mass is 9.82. The van der Waals surface area contributed by atoms with Gasteiger partial charge in [-0.05, 0) is 31.6 Å². The van der Waals surface area contributed by atoms with Crippen molar-refractivity contribution in [3.8, 4) is 0 Å². The van der Waals surface area contributed by atoms with Gasteiger partial charge in [0.25, 0.3) is 0 Å². The van der Waals surface area contributed by atoms with Crippen LogP contribution in [-0.2, 0) is 9.53 Å². The first kappa shape index (κ1) is 15.4. The summed E-state index contributed by atoms with van der Waals surface area (Å²) < 4.78 is 4.94. The third kappa shape index (κ3) is 4.12. The quantitative estimate of drug-likeness (QED) is 0.684. The Balaban J connectivity index is 4.48. The molecule has 96 valence electrons. The fraction of sp³-hybridized carbons (Fsp3) is 0.923. The van der Waals surface area contributed by atoms with Crippen molar-refractivity contribution in [3.05, 3.63) is 0 Å². The molecule has 0 fully saturated rings. The predicted octanol–water partition coefficient (Wildman–Crippen LogP) is 2.76. The molecule has 0 aromatic rings. The molecule has 0 aromatic carbocycles. The summed E-state index contributed by atoms with van der Waals surface area (Å²) in [6.07, 6.45) is 2.27. The molecule has 0 rings (SSSR count). The summed E-state index contributed by atoms with van der Waals surface area (Å²) in [7, 11) is 0. The minimum Gasteiger partial charge on any atom is -0.464 e. The van der Waals surface area contributed by atoms with E-state index in [0.29, 0.717) is 18.9 Å². The highest BCUT2D eigenvalue weighted by Gasteiger charge is 2.40. The van der Waals surface area contributed by atoms with Gasteiger partial charge >= 0.3 is 5.97 Å². The van der Waals surface area contributed by atoms with Crippen molar-refractivity contribution in [1.29, 1.82) is 0 Å². The third-order valence-corrected chi connectivity index (χ3v) is 3.16. The SMILES string of the molecule is CCOC(=O)C(O)(CC)C(C)CCC(C)C. The van der Waals surface area contributed by atoms with Crippen LogP contribution in [0.5, 0.6) is 0 Å². The maximum atomic E-state index is 11.7. The number of aliphatic hydroxyl groups is 1. The van der Waals surface area contributed by atoms with Crippen LogP contribution in [0.1, 0.15) is 53.9 Å². The van der Waals surface area contributed by atoms with Crippen molar-refractivity contribution in [3.63, 3.8) is 0 Å². The van der Waals surface area contributed by atoms with Crippen molar-refractivity contribution in [2.24, 2.45) is 11.8 Å². The zero-order valence-electron chi connectivity index (χ0n) is 11.2. The lowest BCUT2D eigenvalue weighted by molar-refractivity contribution is -0.171. The first-order valence-corrected chi connectivity index (χ1v) is 6.28. The summed E-state index contributed by atoms with van der Waals surface area (Å²) in [5, 5.41) is 10.3. The van der Waals surface area contributed by atoms with Gasteiger partial charge in [-0.15, -0.1) is 0 Å². The Bertz CT molecular complexity index is 213. The van der Waals surface area contributed by atoms with E-state index in [2.05, 4.69) is 13.8 Å². The van der Waals surface area contributed by atoms with E-state index < -0.39 is 11.6 Å². The van der Waals surface area contributed by atoms with Crippen molar-refractivity contribution in [2.75, 3.05) is 6.61 Å². The van der Waals surface area contributed by atoms with Crippen LogP contribution < -0.4 is 0 Å². The Kier molecular flexibility index (Phi) is 6.65. The predicted molar refractivity (Wildman–Crippen MR) is 65.1 cm³/mol. The van der Waals surface area contributed by atoms with E-state index in [4.69, 9.17) is 4.74 Å². The van der Waals surface area contributed by atoms with Crippen LogP contribution in [0.15, 0.2) is 0 Å². The van der Waals surface area contributed by atoms with E-state index in [9.17, 15) is 9.90 Å². The molecule has 2 unspecified atom stereocenters. The summed E-state index contributed by atoms with van der Waals surface area (Å²) >= 11 is 0. The molecule has 0 heterocycles. The zero-order chi connectivity index (χ0) is 12.8. The fourth-order valence-electron chi connectivity index (χ4n) is 1.77. The van der Waals surface area contributed by atoms with Gasteiger partial charge in [0.2, 0.25) is 0 Å². The molecule has 3 heteroatoms. The molecule has 0 aliphatic rings. The molecule has 2 atom stereocenters. The van der Waals surface area contributed by atoms with E-state index >= 15 is 0 Å². The first-order valence-electron chi connectivity index (χ1n) is 6.28. The van der Waals surface area contributed by atoms with Gasteiger partial charge in [0.1, 0.15) is 0 Å². The van der Waals surface area contributed by atoms with E-state index in [1.807, 2.05) is 13.8 Å². The molecule has 0 aromatic heterocycles. The molecule has 0 aliphatic carbocycles. The van der Waals surface area contributed by atoms with Crippen LogP contribution in [0, 0.1) is 11.8 Å². The van der Waals surface area contributed by atoms with Crippen LogP contribution in [0.25, 0.3) is 0 Å². The van der Waals surface area contributed by atoms with Gasteiger partial charge in [-0.25, -0.2) is 4.79 Å². The molecule has 0 amide bonds. The van der Waals surface area contributed by atoms with Gasteiger partial charge in [-0.1, -0.05) is 34.1 Å². The Labute approximate surface area is 99.2 Å². The molecule has 0 aliphatic heterocycles. The second-order valence-corrected chi connectivity index (χ2v) is 4.87. The van der Waals surface area contributed by atoms with Gasteiger partial charge in [0.15, 0.2) is 5.60 Å². The van der Waals surface area contributed by atoms with Gasteiger partial charge in [-0.2, -0.15) is 0 Å². The number of ether oxygens (including phenoxy) is 1. The minimum atomic E-state index is -1.31. The summed E-state index contributed by atoms with van der Waals surface area (Å²) in [5.74, 6) is 0.0541. The molecular weight excluding hydrogens is 204 g/mol. The molecule has 0 radical (unpaired) electrons. The van der Waals surface area contributed by atoms with Gasteiger partial charge in [0, 0.05) is 0 Å². The Hall–Kier alpha value is -0.570. The van der Waals surface area contributed by atoms with Gasteiger partial charge in [0.05, 0.1) is 6.61 Å². The first-order chi connectivity index (χ1) is 7.38. The average molecular weight is 230 g/mol. The van der Waals surface area contributed by atoms with Gasteiger partial charge < -0.3 is 9.84 Å². The topological polar surface area (TPSA) is 46.5 Å². The van der Waals surface area contributed by atoms with Crippen LogP contribution in [0.3, 0.4) is 0 Å². The molecule has 0 bridgehead atoms. The van der Waals surface area contributed by atoms with Crippen molar-refractivity contribution >= 4 is 5.97 Å². The lowest BCUT2D eigenvalue weighted by Gasteiger charge is -2.31. The average Bonchev–Trinajstić information content (AvgIpc) is 2.24.